The molecule has 1 aliphatic heterocycles. The van der Waals surface area contributed by atoms with Gasteiger partial charge in [0.15, 0.2) is 5.78 Å². The predicted octanol–water partition coefficient (Wildman–Crippen LogP) is 1.55. The molecule has 6 heteroatoms. The molecular formula is C16H18N4O2. The van der Waals surface area contributed by atoms with Crippen molar-refractivity contribution in [2.75, 3.05) is 13.1 Å². The first-order valence-corrected chi connectivity index (χ1v) is 7.38. The van der Waals surface area contributed by atoms with E-state index < -0.39 is 0 Å². The standard InChI is InChI=1S/C16H18N4O2/c1-19-14(4-8-18-19)15(21)12-5-9-20(10-6-12)16(22)13-3-2-7-17-11-13/h2-4,7-8,11-12H,5-6,9-10H2,1H3. The van der Waals surface area contributed by atoms with Crippen molar-refractivity contribution in [2.24, 2.45) is 13.0 Å². The molecule has 0 radical (unpaired) electrons. The van der Waals surface area contributed by atoms with E-state index in [1.165, 1.54) is 0 Å². The van der Waals surface area contributed by atoms with Gasteiger partial charge in [0.2, 0.25) is 0 Å². The molecule has 0 spiro atoms. The second kappa shape index (κ2) is 6.09. The van der Waals surface area contributed by atoms with Gasteiger partial charge in [-0.05, 0) is 31.0 Å². The van der Waals surface area contributed by atoms with Crippen LogP contribution in [0.4, 0.5) is 0 Å². The highest BCUT2D eigenvalue weighted by Gasteiger charge is 2.29. The van der Waals surface area contributed by atoms with Gasteiger partial charge in [-0.1, -0.05) is 0 Å². The number of aromatic nitrogens is 3. The smallest absolute Gasteiger partial charge is 0.255 e. The molecule has 0 aliphatic carbocycles. The van der Waals surface area contributed by atoms with Crippen molar-refractivity contribution < 1.29 is 9.59 Å². The molecule has 0 aromatic carbocycles. The zero-order chi connectivity index (χ0) is 15.5. The number of hydrogen-bond donors (Lipinski definition) is 0. The molecule has 1 aliphatic rings. The summed E-state index contributed by atoms with van der Waals surface area (Å²) in [5, 5.41) is 4.04. The van der Waals surface area contributed by atoms with Crippen LogP contribution >= 0.6 is 0 Å². The van der Waals surface area contributed by atoms with E-state index in [-0.39, 0.29) is 17.6 Å². The number of nitrogens with zero attached hydrogens (tertiary/aromatic N) is 4. The molecule has 0 bridgehead atoms. The minimum absolute atomic E-state index is 0.0143. The minimum Gasteiger partial charge on any atom is -0.339 e. The Labute approximate surface area is 128 Å². The number of rotatable bonds is 3. The van der Waals surface area contributed by atoms with Gasteiger partial charge in [0.1, 0.15) is 5.69 Å². The zero-order valence-corrected chi connectivity index (χ0v) is 12.5. The molecular weight excluding hydrogens is 280 g/mol. The first-order valence-electron chi connectivity index (χ1n) is 7.38. The fourth-order valence-electron chi connectivity index (χ4n) is 2.84. The number of amides is 1. The van der Waals surface area contributed by atoms with Crippen LogP contribution in [0.3, 0.4) is 0 Å². The number of aryl methyl sites for hydroxylation is 1. The van der Waals surface area contributed by atoms with E-state index >= 15 is 0 Å². The Morgan fingerprint density at radius 2 is 1.95 bits per heavy atom. The molecule has 2 aromatic rings. The van der Waals surface area contributed by atoms with E-state index in [1.54, 1.807) is 53.4 Å². The average Bonchev–Trinajstić information content (AvgIpc) is 3.00. The second-order valence-corrected chi connectivity index (χ2v) is 5.51. The number of Topliss-reactive ketones (excluding diaryl/α,β-unsaturated/α-hetero) is 1. The van der Waals surface area contributed by atoms with Crippen molar-refractivity contribution >= 4 is 11.7 Å². The molecule has 0 atom stereocenters. The maximum atomic E-state index is 12.5. The number of pyridine rings is 1. The molecule has 3 heterocycles. The summed E-state index contributed by atoms with van der Waals surface area (Å²) in [4.78, 5) is 30.6. The molecule has 1 amide bonds. The average molecular weight is 298 g/mol. The molecule has 114 valence electrons. The normalized spacial score (nSPS) is 15.8. The van der Waals surface area contributed by atoms with Gasteiger partial charge in [0, 0.05) is 44.6 Å². The summed E-state index contributed by atoms with van der Waals surface area (Å²) >= 11 is 0. The van der Waals surface area contributed by atoms with Crippen molar-refractivity contribution in [3.63, 3.8) is 0 Å². The van der Waals surface area contributed by atoms with Crippen molar-refractivity contribution in [3.8, 4) is 0 Å². The summed E-state index contributed by atoms with van der Waals surface area (Å²) in [7, 11) is 1.77. The van der Waals surface area contributed by atoms with Crippen LogP contribution in [0.25, 0.3) is 0 Å². The number of carbonyl (C=O) groups is 2. The fourth-order valence-corrected chi connectivity index (χ4v) is 2.84. The summed E-state index contributed by atoms with van der Waals surface area (Å²) in [5.74, 6) is 0.0707. The Bertz CT molecular complexity index is 672. The molecule has 1 fully saturated rings. The lowest BCUT2D eigenvalue weighted by molar-refractivity contribution is 0.0647. The van der Waals surface area contributed by atoms with Crippen molar-refractivity contribution in [1.29, 1.82) is 0 Å². The lowest BCUT2D eigenvalue weighted by atomic mass is 9.90. The largest absolute Gasteiger partial charge is 0.339 e. The quantitative estimate of drug-likeness (QED) is 0.806. The van der Waals surface area contributed by atoms with E-state index in [4.69, 9.17) is 0 Å². The number of piperidine rings is 1. The van der Waals surface area contributed by atoms with Gasteiger partial charge in [-0.25, -0.2) is 0 Å². The summed E-state index contributed by atoms with van der Waals surface area (Å²) in [6.07, 6.45) is 6.24. The van der Waals surface area contributed by atoms with Gasteiger partial charge in [-0.3, -0.25) is 19.3 Å². The number of hydrogen-bond acceptors (Lipinski definition) is 4. The van der Waals surface area contributed by atoms with Crippen LogP contribution in [0.15, 0.2) is 36.8 Å². The highest BCUT2D eigenvalue weighted by atomic mass is 16.2. The van der Waals surface area contributed by atoms with Crippen molar-refractivity contribution in [1.82, 2.24) is 19.7 Å². The highest BCUT2D eigenvalue weighted by Crippen LogP contribution is 2.22. The summed E-state index contributed by atoms with van der Waals surface area (Å²) < 4.78 is 1.61. The summed E-state index contributed by atoms with van der Waals surface area (Å²) in [6, 6.07) is 5.27. The van der Waals surface area contributed by atoms with Gasteiger partial charge in [-0.15, -0.1) is 0 Å². The Balaban J connectivity index is 1.62. The maximum absolute atomic E-state index is 12.5. The monoisotopic (exact) mass is 298 g/mol. The molecule has 22 heavy (non-hydrogen) atoms. The first kappa shape index (κ1) is 14.4. The Morgan fingerprint density at radius 1 is 1.18 bits per heavy atom. The van der Waals surface area contributed by atoms with Crippen LogP contribution in [0.5, 0.6) is 0 Å². The Kier molecular flexibility index (Phi) is 4.00. The van der Waals surface area contributed by atoms with Crippen LogP contribution in [0, 0.1) is 5.92 Å². The Morgan fingerprint density at radius 3 is 2.55 bits per heavy atom. The van der Waals surface area contributed by atoms with Crippen LogP contribution in [0.1, 0.15) is 33.7 Å². The van der Waals surface area contributed by atoms with E-state index in [9.17, 15) is 9.59 Å². The Hall–Kier alpha value is -2.50. The second-order valence-electron chi connectivity index (χ2n) is 5.51. The van der Waals surface area contributed by atoms with E-state index in [2.05, 4.69) is 10.1 Å². The fraction of sp³-hybridized carbons (Fsp3) is 0.375. The van der Waals surface area contributed by atoms with Crippen LogP contribution in [-0.4, -0.2) is 44.4 Å². The third-order valence-electron chi connectivity index (χ3n) is 4.13. The molecule has 2 aromatic heterocycles. The van der Waals surface area contributed by atoms with Crippen LogP contribution in [-0.2, 0) is 7.05 Å². The van der Waals surface area contributed by atoms with Gasteiger partial charge in [-0.2, -0.15) is 5.10 Å². The minimum atomic E-state index is -0.0339. The predicted molar refractivity (Wildman–Crippen MR) is 80.4 cm³/mol. The van der Waals surface area contributed by atoms with E-state index in [1.807, 2.05) is 0 Å². The maximum Gasteiger partial charge on any atom is 0.255 e. The topological polar surface area (TPSA) is 68.1 Å². The van der Waals surface area contributed by atoms with Gasteiger partial charge < -0.3 is 4.90 Å². The third-order valence-corrected chi connectivity index (χ3v) is 4.13. The van der Waals surface area contributed by atoms with Crippen LogP contribution < -0.4 is 0 Å². The molecule has 0 unspecified atom stereocenters. The lowest BCUT2D eigenvalue weighted by Crippen LogP contribution is -2.40. The molecule has 1 saturated heterocycles. The lowest BCUT2D eigenvalue weighted by Gasteiger charge is -2.31. The molecule has 6 nitrogen and oxygen atoms in total. The van der Waals surface area contributed by atoms with Gasteiger partial charge >= 0.3 is 0 Å². The molecule has 0 saturated carbocycles. The van der Waals surface area contributed by atoms with Gasteiger partial charge in [0.05, 0.1) is 5.56 Å². The highest BCUT2D eigenvalue weighted by molar-refractivity contribution is 5.97. The first-order chi connectivity index (χ1) is 10.7. The van der Waals surface area contributed by atoms with Crippen molar-refractivity contribution in [3.05, 3.63) is 48.0 Å². The molecule has 0 N–H and O–H groups in total. The zero-order valence-electron chi connectivity index (χ0n) is 12.5. The number of carbonyl (C=O) groups excluding carboxylic acids is 2. The van der Waals surface area contributed by atoms with Gasteiger partial charge in [0.25, 0.3) is 5.91 Å². The summed E-state index contributed by atoms with van der Waals surface area (Å²) in [6.45, 7) is 1.20. The molecule has 3 rings (SSSR count). The van der Waals surface area contributed by atoms with E-state index in [0.29, 0.717) is 37.2 Å². The summed E-state index contributed by atoms with van der Waals surface area (Å²) in [5.41, 5.74) is 1.23. The SMILES string of the molecule is Cn1nccc1C(=O)C1CCN(C(=O)c2cccnc2)CC1. The van der Waals surface area contributed by atoms with E-state index in [0.717, 1.165) is 0 Å². The number of likely N-dealkylation sites (tertiary alicyclic amines) is 1. The van der Waals surface area contributed by atoms with Crippen molar-refractivity contribution in [2.45, 2.75) is 12.8 Å². The third kappa shape index (κ3) is 2.77. The van der Waals surface area contributed by atoms with Crippen LogP contribution in [0.2, 0.25) is 0 Å². The number of ketones is 1.